The van der Waals surface area contributed by atoms with Crippen molar-refractivity contribution in [3.63, 3.8) is 0 Å². The van der Waals surface area contributed by atoms with E-state index in [0.717, 1.165) is 23.7 Å². The van der Waals surface area contributed by atoms with Crippen molar-refractivity contribution in [1.29, 1.82) is 0 Å². The molecule has 0 N–H and O–H groups in total. The summed E-state index contributed by atoms with van der Waals surface area (Å²) in [5.41, 5.74) is 2.10. The van der Waals surface area contributed by atoms with Crippen molar-refractivity contribution in [2.45, 2.75) is 176 Å². The molecule has 0 heterocycles. The predicted octanol–water partition coefficient (Wildman–Crippen LogP) is 12.8. The van der Waals surface area contributed by atoms with Gasteiger partial charge in [-0.15, -0.1) is 0 Å². The van der Waals surface area contributed by atoms with Crippen LogP contribution in [0.5, 0.6) is 0 Å². The summed E-state index contributed by atoms with van der Waals surface area (Å²) in [5.74, 6) is 3.55. The van der Waals surface area contributed by atoms with Crippen LogP contribution in [0.1, 0.15) is 176 Å². The van der Waals surface area contributed by atoms with E-state index in [-0.39, 0.29) is 0 Å². The van der Waals surface area contributed by atoms with Gasteiger partial charge >= 0.3 is 0 Å². The average molecular weight is 483 g/mol. The molecule has 0 heteroatoms. The maximum Gasteiger partial charge on any atom is -0.0354 e. The largest absolute Gasteiger partial charge is 0.0651 e. The third-order valence-electron chi connectivity index (χ3n) is 8.86. The van der Waals surface area contributed by atoms with Gasteiger partial charge in [-0.2, -0.15) is 0 Å². The van der Waals surface area contributed by atoms with E-state index in [1.54, 1.807) is 0 Å². The Bertz CT molecular complexity index is 430. The summed E-state index contributed by atoms with van der Waals surface area (Å²) in [6.45, 7) is 41.4. The van der Waals surface area contributed by atoms with Crippen LogP contribution in [0, 0.1) is 45.3 Å². The van der Waals surface area contributed by atoms with Crippen LogP contribution in [0.2, 0.25) is 0 Å². The van der Waals surface area contributed by atoms with Crippen molar-refractivity contribution in [2.75, 3.05) is 0 Å². The van der Waals surface area contributed by atoms with Crippen LogP contribution in [-0.2, 0) is 0 Å². The van der Waals surface area contributed by atoms with Gasteiger partial charge in [0.25, 0.3) is 0 Å². The van der Waals surface area contributed by atoms with Crippen LogP contribution in [0.3, 0.4) is 0 Å². The Morgan fingerprint density at radius 1 is 0.529 bits per heavy atom. The van der Waals surface area contributed by atoms with E-state index < -0.39 is 0 Å². The minimum atomic E-state index is 0.500. The molecule has 34 heavy (non-hydrogen) atoms. The fourth-order valence-corrected chi connectivity index (χ4v) is 4.09. The van der Waals surface area contributed by atoms with E-state index in [4.69, 9.17) is 0 Å². The highest BCUT2D eigenvalue weighted by molar-refractivity contribution is 4.76. The first-order valence-corrected chi connectivity index (χ1v) is 15.0. The molecule has 1 fully saturated rings. The minimum absolute atomic E-state index is 0.500. The maximum absolute atomic E-state index is 2.38. The van der Waals surface area contributed by atoms with Gasteiger partial charge in [0.15, 0.2) is 0 Å². The Kier molecular flexibility index (Phi) is 19.8. The second-order valence-corrected chi connectivity index (χ2v) is 15.8. The molecular weight excluding hydrogens is 408 g/mol. The van der Waals surface area contributed by atoms with Crippen molar-refractivity contribution < 1.29 is 0 Å². The summed E-state index contributed by atoms with van der Waals surface area (Å²) in [6.07, 6.45) is 11.3. The monoisotopic (exact) mass is 483 g/mol. The zero-order valence-electron chi connectivity index (χ0n) is 28.0. The lowest BCUT2D eigenvalue weighted by Gasteiger charge is -2.33. The molecule has 1 unspecified atom stereocenters. The molecule has 0 nitrogen and oxygen atoms in total. The zero-order valence-corrected chi connectivity index (χ0v) is 28.0. The van der Waals surface area contributed by atoms with Crippen molar-refractivity contribution in [3.8, 4) is 0 Å². The first-order valence-electron chi connectivity index (χ1n) is 15.0. The lowest BCUT2D eigenvalue weighted by molar-refractivity contribution is 0.180. The molecule has 0 aromatic carbocycles. The Morgan fingerprint density at radius 3 is 0.971 bits per heavy atom. The van der Waals surface area contributed by atoms with E-state index in [1.807, 2.05) is 0 Å². The molecule has 1 rings (SSSR count). The molecule has 0 aromatic heterocycles. The maximum atomic E-state index is 2.38. The second kappa shape index (κ2) is 17.5. The first kappa shape index (κ1) is 38.5. The van der Waals surface area contributed by atoms with Gasteiger partial charge in [-0.1, -0.05) is 163 Å². The SMILES string of the molecule is CC(C)(C)C1CCCCC1.CC(C)C(C)(C)C.CCC(C)C(C)(C)C.CCC(CC)C(C)(C)C. The lowest BCUT2D eigenvalue weighted by Crippen LogP contribution is -2.22. The van der Waals surface area contributed by atoms with Gasteiger partial charge in [0.2, 0.25) is 0 Å². The molecule has 0 spiro atoms. The first-order chi connectivity index (χ1) is 15.0. The standard InChI is InChI=1S/C10H20.C9H20.C8H18.C7H16/c1-10(2,3)9-7-5-4-6-8-9;1-6-8(7-2)9(3,4)5;1-6-7(2)8(3,4)5;1-6(2)7(3,4)5/h9H,4-8H2,1-3H3;8H,6-7H2,1-5H3;7H,6H2,1-5H3;6H,1-5H3. The smallest absolute Gasteiger partial charge is 0.0354 e. The van der Waals surface area contributed by atoms with E-state index >= 15 is 0 Å². The Hall–Kier alpha value is 0. The zero-order chi connectivity index (χ0) is 28.0. The van der Waals surface area contributed by atoms with E-state index in [2.05, 4.69) is 125 Å². The van der Waals surface area contributed by atoms with E-state index in [0.29, 0.717) is 21.7 Å². The summed E-state index contributed by atoms with van der Waals surface area (Å²) in [4.78, 5) is 0. The summed E-state index contributed by atoms with van der Waals surface area (Å²) in [7, 11) is 0. The van der Waals surface area contributed by atoms with Crippen LogP contribution in [0.4, 0.5) is 0 Å². The third-order valence-corrected chi connectivity index (χ3v) is 8.86. The Labute approximate surface area is 221 Å². The Balaban J connectivity index is -0.000000381. The molecule has 1 aliphatic rings. The molecule has 1 aliphatic carbocycles. The normalized spacial score (nSPS) is 16.6. The Morgan fingerprint density at radius 2 is 0.882 bits per heavy atom. The summed E-state index contributed by atoms with van der Waals surface area (Å²) >= 11 is 0. The molecule has 1 saturated carbocycles. The molecule has 0 bridgehead atoms. The van der Waals surface area contributed by atoms with Crippen LogP contribution < -0.4 is 0 Å². The number of hydrogen-bond acceptors (Lipinski definition) is 0. The van der Waals surface area contributed by atoms with Crippen LogP contribution >= 0.6 is 0 Å². The molecular formula is C34H74. The van der Waals surface area contributed by atoms with Gasteiger partial charge in [0.1, 0.15) is 0 Å². The van der Waals surface area contributed by atoms with Crippen LogP contribution in [-0.4, -0.2) is 0 Å². The predicted molar refractivity (Wildman–Crippen MR) is 163 cm³/mol. The molecule has 0 aliphatic heterocycles. The molecule has 210 valence electrons. The highest BCUT2D eigenvalue weighted by atomic mass is 14.3. The molecule has 1 atom stereocenters. The summed E-state index contributed by atoms with van der Waals surface area (Å²) < 4.78 is 0. The van der Waals surface area contributed by atoms with E-state index in [1.165, 1.54) is 51.4 Å². The van der Waals surface area contributed by atoms with Crippen molar-refractivity contribution in [3.05, 3.63) is 0 Å². The lowest BCUT2D eigenvalue weighted by atomic mass is 9.72. The van der Waals surface area contributed by atoms with Crippen molar-refractivity contribution in [2.24, 2.45) is 45.3 Å². The fraction of sp³-hybridized carbons (Fsp3) is 1.00. The van der Waals surface area contributed by atoms with Gasteiger partial charge in [0, 0.05) is 0 Å². The van der Waals surface area contributed by atoms with Crippen molar-refractivity contribution in [1.82, 2.24) is 0 Å². The van der Waals surface area contributed by atoms with Crippen LogP contribution in [0.25, 0.3) is 0 Å². The highest BCUT2D eigenvalue weighted by Crippen LogP contribution is 2.37. The van der Waals surface area contributed by atoms with Gasteiger partial charge < -0.3 is 0 Å². The quantitative estimate of drug-likeness (QED) is 0.375. The van der Waals surface area contributed by atoms with Crippen molar-refractivity contribution >= 4 is 0 Å². The number of hydrogen-bond donors (Lipinski definition) is 0. The van der Waals surface area contributed by atoms with Gasteiger partial charge in [-0.05, 0) is 58.2 Å². The average Bonchev–Trinajstić information content (AvgIpc) is 2.67. The van der Waals surface area contributed by atoms with Crippen LogP contribution in [0.15, 0.2) is 0 Å². The fourth-order valence-electron chi connectivity index (χ4n) is 4.09. The number of rotatable bonds is 3. The van der Waals surface area contributed by atoms with Gasteiger partial charge in [-0.25, -0.2) is 0 Å². The van der Waals surface area contributed by atoms with E-state index in [9.17, 15) is 0 Å². The van der Waals surface area contributed by atoms with Gasteiger partial charge in [-0.3, -0.25) is 0 Å². The molecule has 0 saturated heterocycles. The molecule has 0 amide bonds. The topological polar surface area (TPSA) is 0 Å². The van der Waals surface area contributed by atoms with Gasteiger partial charge in [0.05, 0.1) is 0 Å². The second-order valence-electron chi connectivity index (χ2n) is 15.8. The third kappa shape index (κ3) is 21.3. The highest BCUT2D eigenvalue weighted by Gasteiger charge is 2.25. The minimum Gasteiger partial charge on any atom is -0.0651 e. The summed E-state index contributed by atoms with van der Waals surface area (Å²) in [6, 6.07) is 0. The molecule has 0 radical (unpaired) electrons. The summed E-state index contributed by atoms with van der Waals surface area (Å²) in [5, 5.41) is 0. The molecule has 0 aromatic rings.